The number of hydrogen-bond acceptors (Lipinski definition) is 3. The van der Waals surface area contributed by atoms with Crippen LogP contribution in [0.1, 0.15) is 27.8 Å². The van der Waals surface area contributed by atoms with Crippen molar-refractivity contribution in [1.29, 1.82) is 0 Å². The number of carbonyl (C=O) groups is 1. The van der Waals surface area contributed by atoms with Crippen LogP contribution in [0.25, 0.3) is 0 Å². The largest absolute Gasteiger partial charge is 0.324 e. The van der Waals surface area contributed by atoms with Crippen LogP contribution in [0.3, 0.4) is 0 Å². The minimum absolute atomic E-state index is 0.151. The molecule has 0 aliphatic rings. The van der Waals surface area contributed by atoms with Crippen LogP contribution in [-0.2, 0) is 14.8 Å². The average Bonchev–Trinajstić information content (AvgIpc) is 2.72. The monoisotopic (exact) mass is 436 g/mol. The molecule has 6 heteroatoms. The molecule has 0 saturated heterocycles. The number of carbonyl (C=O) groups excluding carboxylic acids is 1. The average molecular weight is 437 g/mol. The van der Waals surface area contributed by atoms with Gasteiger partial charge in [0.1, 0.15) is 6.54 Å². The lowest BCUT2D eigenvalue weighted by molar-refractivity contribution is -0.114. The molecule has 0 unspecified atom stereocenters. The molecular formula is C25H28N2O3S. The lowest BCUT2D eigenvalue weighted by atomic mass is 10.1. The van der Waals surface area contributed by atoms with Gasteiger partial charge in [0.15, 0.2) is 0 Å². The van der Waals surface area contributed by atoms with Crippen molar-refractivity contribution in [2.45, 2.75) is 39.5 Å². The summed E-state index contributed by atoms with van der Waals surface area (Å²) in [5, 5.41) is 2.87. The van der Waals surface area contributed by atoms with Gasteiger partial charge in [-0.25, -0.2) is 8.42 Å². The van der Waals surface area contributed by atoms with Crippen LogP contribution in [-0.4, -0.2) is 20.9 Å². The van der Waals surface area contributed by atoms with Crippen molar-refractivity contribution in [3.8, 4) is 0 Å². The van der Waals surface area contributed by atoms with Gasteiger partial charge in [0.05, 0.1) is 10.6 Å². The van der Waals surface area contributed by atoms with Crippen LogP contribution < -0.4 is 9.62 Å². The van der Waals surface area contributed by atoms with Gasteiger partial charge in [0, 0.05) is 5.69 Å². The van der Waals surface area contributed by atoms with Gasteiger partial charge in [-0.15, -0.1) is 0 Å². The second-order valence-corrected chi connectivity index (χ2v) is 9.70. The Labute approximate surface area is 184 Å². The Morgan fingerprint density at radius 1 is 0.806 bits per heavy atom. The van der Waals surface area contributed by atoms with Gasteiger partial charge in [-0.2, -0.15) is 0 Å². The van der Waals surface area contributed by atoms with Crippen LogP contribution >= 0.6 is 0 Å². The quantitative estimate of drug-likeness (QED) is 0.587. The van der Waals surface area contributed by atoms with E-state index in [9.17, 15) is 13.2 Å². The molecule has 0 aromatic heterocycles. The highest BCUT2D eigenvalue weighted by Gasteiger charge is 2.28. The van der Waals surface area contributed by atoms with Gasteiger partial charge in [0.2, 0.25) is 5.91 Å². The molecule has 0 aliphatic heterocycles. The first-order valence-electron chi connectivity index (χ1n) is 10.1. The van der Waals surface area contributed by atoms with Crippen molar-refractivity contribution in [3.63, 3.8) is 0 Å². The minimum atomic E-state index is -3.94. The zero-order valence-corrected chi connectivity index (χ0v) is 19.4. The third kappa shape index (κ3) is 4.80. The van der Waals surface area contributed by atoms with Crippen LogP contribution in [0.5, 0.6) is 0 Å². The fraction of sp³-hybridized carbons (Fsp3) is 0.240. The third-order valence-electron chi connectivity index (χ3n) is 5.62. The van der Waals surface area contributed by atoms with Gasteiger partial charge >= 0.3 is 0 Å². The van der Waals surface area contributed by atoms with E-state index in [0.29, 0.717) is 11.4 Å². The predicted octanol–water partition coefficient (Wildman–Crippen LogP) is 5.06. The van der Waals surface area contributed by atoms with Crippen molar-refractivity contribution >= 4 is 27.3 Å². The maximum Gasteiger partial charge on any atom is 0.264 e. The molecule has 1 amide bonds. The molecule has 31 heavy (non-hydrogen) atoms. The number of nitrogens with one attached hydrogen (secondary N) is 1. The van der Waals surface area contributed by atoms with E-state index in [0.717, 1.165) is 27.8 Å². The van der Waals surface area contributed by atoms with Crippen molar-refractivity contribution in [2.24, 2.45) is 0 Å². The fourth-order valence-electron chi connectivity index (χ4n) is 3.35. The maximum absolute atomic E-state index is 13.6. The maximum atomic E-state index is 13.6. The Hall–Kier alpha value is -3.12. The first-order chi connectivity index (χ1) is 14.6. The number of nitrogens with zero attached hydrogens (tertiary/aromatic N) is 1. The van der Waals surface area contributed by atoms with Crippen molar-refractivity contribution in [2.75, 3.05) is 16.2 Å². The number of hydrogen-bond donors (Lipinski definition) is 1. The van der Waals surface area contributed by atoms with Gasteiger partial charge in [0.25, 0.3) is 10.0 Å². The van der Waals surface area contributed by atoms with E-state index in [4.69, 9.17) is 0 Å². The molecule has 3 rings (SSSR count). The van der Waals surface area contributed by atoms with E-state index >= 15 is 0 Å². The number of rotatable bonds is 6. The van der Waals surface area contributed by atoms with Crippen LogP contribution in [0, 0.1) is 34.6 Å². The molecule has 1 N–H and O–H groups in total. The van der Waals surface area contributed by atoms with Crippen LogP contribution in [0.15, 0.2) is 65.6 Å². The number of amides is 1. The Morgan fingerprint density at radius 3 is 2.03 bits per heavy atom. The molecule has 0 heterocycles. The summed E-state index contributed by atoms with van der Waals surface area (Å²) in [5.41, 5.74) is 5.92. The summed E-state index contributed by atoms with van der Waals surface area (Å²) in [6.07, 6.45) is 0. The highest BCUT2D eigenvalue weighted by molar-refractivity contribution is 7.92. The Kier molecular flexibility index (Phi) is 6.51. The smallest absolute Gasteiger partial charge is 0.264 e. The van der Waals surface area contributed by atoms with Crippen molar-refractivity contribution in [3.05, 3.63) is 88.5 Å². The molecule has 3 aromatic rings. The molecule has 5 nitrogen and oxygen atoms in total. The van der Waals surface area contributed by atoms with Gasteiger partial charge in [-0.1, -0.05) is 42.0 Å². The first-order valence-corrected chi connectivity index (χ1v) is 11.6. The highest BCUT2D eigenvalue weighted by atomic mass is 32.2. The Morgan fingerprint density at radius 2 is 1.39 bits per heavy atom. The lowest BCUT2D eigenvalue weighted by Crippen LogP contribution is -2.38. The van der Waals surface area contributed by atoms with Gasteiger partial charge in [-0.05, 0) is 81.1 Å². The summed E-state index contributed by atoms with van der Waals surface area (Å²) in [7, 11) is -3.94. The molecule has 0 bridgehead atoms. The molecule has 0 aliphatic carbocycles. The SMILES string of the molecule is Cc1ccc(S(=O)(=O)N(CC(=O)Nc2cccc(C)c2C)c2cccc(C)c2C)cc1. The molecule has 0 fully saturated rings. The number of anilines is 2. The molecule has 162 valence electrons. The normalized spacial score (nSPS) is 11.3. The number of aryl methyl sites for hydroxylation is 3. The van der Waals surface area contributed by atoms with E-state index in [1.807, 2.05) is 58.9 Å². The zero-order chi connectivity index (χ0) is 22.8. The fourth-order valence-corrected chi connectivity index (χ4v) is 4.83. The highest BCUT2D eigenvalue weighted by Crippen LogP contribution is 2.29. The van der Waals surface area contributed by atoms with E-state index < -0.39 is 15.9 Å². The molecule has 0 radical (unpaired) electrons. The van der Waals surface area contributed by atoms with Crippen LogP contribution in [0.4, 0.5) is 11.4 Å². The Balaban J connectivity index is 2.02. The van der Waals surface area contributed by atoms with Gasteiger partial charge < -0.3 is 5.32 Å². The van der Waals surface area contributed by atoms with E-state index in [2.05, 4.69) is 5.32 Å². The molecule has 3 aromatic carbocycles. The number of benzene rings is 3. The zero-order valence-electron chi connectivity index (χ0n) is 18.6. The third-order valence-corrected chi connectivity index (χ3v) is 7.39. The van der Waals surface area contributed by atoms with E-state index in [1.165, 1.54) is 4.31 Å². The van der Waals surface area contributed by atoms with Gasteiger partial charge in [-0.3, -0.25) is 9.10 Å². The number of sulfonamides is 1. The second-order valence-electron chi connectivity index (χ2n) is 7.84. The summed E-state index contributed by atoms with van der Waals surface area (Å²) in [5.74, 6) is -0.398. The van der Waals surface area contributed by atoms with E-state index in [1.54, 1.807) is 36.4 Å². The minimum Gasteiger partial charge on any atom is -0.324 e. The first kappa shape index (κ1) is 22.6. The van der Waals surface area contributed by atoms with E-state index in [-0.39, 0.29) is 11.4 Å². The molecule has 0 atom stereocenters. The summed E-state index contributed by atoms with van der Waals surface area (Å²) in [6.45, 7) is 9.26. The predicted molar refractivity (Wildman–Crippen MR) is 126 cm³/mol. The molecule has 0 saturated carbocycles. The standard InChI is InChI=1S/C25H28N2O3S/c1-17-12-14-22(15-13-17)31(29,30)27(24-11-7-9-19(3)21(24)5)16-25(28)26-23-10-6-8-18(2)20(23)4/h6-15H,16H2,1-5H3,(H,26,28). The Bertz CT molecular complexity index is 1220. The summed E-state index contributed by atoms with van der Waals surface area (Å²) in [6, 6.07) is 17.8. The topological polar surface area (TPSA) is 66.5 Å². The lowest BCUT2D eigenvalue weighted by Gasteiger charge is -2.26. The van der Waals surface area contributed by atoms with Crippen molar-refractivity contribution in [1.82, 2.24) is 0 Å². The summed E-state index contributed by atoms with van der Waals surface area (Å²) < 4.78 is 28.3. The summed E-state index contributed by atoms with van der Waals surface area (Å²) in [4.78, 5) is 13.1. The summed E-state index contributed by atoms with van der Waals surface area (Å²) >= 11 is 0. The second kappa shape index (κ2) is 8.94. The van der Waals surface area contributed by atoms with Crippen molar-refractivity contribution < 1.29 is 13.2 Å². The molecular weight excluding hydrogens is 408 g/mol. The molecule has 0 spiro atoms. The van der Waals surface area contributed by atoms with Crippen LogP contribution in [0.2, 0.25) is 0 Å².